The van der Waals surface area contributed by atoms with Gasteiger partial charge in [-0.3, -0.25) is 4.79 Å². The van der Waals surface area contributed by atoms with Gasteiger partial charge in [0.15, 0.2) is 0 Å². The normalized spacial score (nSPS) is 10.3. The molecule has 0 fully saturated rings. The van der Waals surface area contributed by atoms with Crippen molar-refractivity contribution in [3.05, 3.63) is 35.5 Å². The topological polar surface area (TPSA) is 77.2 Å². The zero-order chi connectivity index (χ0) is 14.4. The lowest BCUT2D eigenvalue weighted by Crippen LogP contribution is -2.13. The van der Waals surface area contributed by atoms with Crippen LogP contribution in [0.4, 0.5) is 5.82 Å². The van der Waals surface area contributed by atoms with Crippen molar-refractivity contribution in [3.63, 3.8) is 0 Å². The van der Waals surface area contributed by atoms with Crippen LogP contribution in [0.25, 0.3) is 0 Å². The highest BCUT2D eigenvalue weighted by Gasteiger charge is 2.12. The predicted molar refractivity (Wildman–Crippen MR) is 73.8 cm³/mol. The van der Waals surface area contributed by atoms with Crippen molar-refractivity contribution < 1.29 is 14.2 Å². The van der Waals surface area contributed by atoms with Gasteiger partial charge < -0.3 is 10.1 Å². The van der Waals surface area contributed by atoms with E-state index < -0.39 is 0 Å². The number of anilines is 1. The summed E-state index contributed by atoms with van der Waals surface area (Å²) in [5.41, 5.74) is 1.04. The Morgan fingerprint density at radius 2 is 2.25 bits per heavy atom. The highest BCUT2D eigenvalue weighted by Crippen LogP contribution is 2.16. The third-order valence-corrected chi connectivity index (χ3v) is 2.75. The van der Waals surface area contributed by atoms with Crippen LogP contribution in [0, 0.1) is 6.92 Å². The lowest BCUT2D eigenvalue weighted by molar-refractivity contribution is 0.102. The van der Waals surface area contributed by atoms with Gasteiger partial charge in [0.1, 0.15) is 11.4 Å². The molecule has 0 bridgehead atoms. The molecule has 0 aliphatic rings. The third-order valence-electron chi connectivity index (χ3n) is 2.75. The molecule has 0 aliphatic carbocycles. The summed E-state index contributed by atoms with van der Waals surface area (Å²) >= 11 is 0. The lowest BCUT2D eigenvalue weighted by Gasteiger charge is -2.07. The molecule has 6 nitrogen and oxygen atoms in total. The second-order valence-electron chi connectivity index (χ2n) is 4.38. The number of nitrogens with one attached hydrogen (secondary N) is 1. The Morgan fingerprint density at radius 1 is 1.40 bits per heavy atom. The van der Waals surface area contributed by atoms with E-state index >= 15 is 0 Å². The summed E-state index contributed by atoms with van der Waals surface area (Å²) in [5.74, 6) is 0.734. The second kappa shape index (κ2) is 6.70. The molecule has 1 N–H and O–H groups in total. The number of hydrogen-bond acceptors (Lipinski definition) is 5. The minimum absolute atomic E-state index is 0.273. The maximum Gasteiger partial charge on any atom is 0.257 e. The Morgan fingerprint density at radius 3 is 2.95 bits per heavy atom. The Kier molecular flexibility index (Phi) is 4.70. The van der Waals surface area contributed by atoms with E-state index in [4.69, 9.17) is 4.74 Å². The Balaban J connectivity index is 2.02. The summed E-state index contributed by atoms with van der Waals surface area (Å²) < 4.78 is 10.1. The number of nitrogens with zero attached hydrogens (tertiary/aromatic N) is 2. The molecule has 0 saturated carbocycles. The minimum atomic E-state index is -0.273. The summed E-state index contributed by atoms with van der Waals surface area (Å²) in [7, 11) is 0. The highest BCUT2D eigenvalue weighted by molar-refractivity contribution is 6.04. The van der Waals surface area contributed by atoms with Gasteiger partial charge in [0.05, 0.1) is 6.61 Å². The number of amides is 1. The molecule has 0 aliphatic heterocycles. The molecule has 1 heterocycles. The quantitative estimate of drug-likeness (QED) is 0.820. The summed E-state index contributed by atoms with van der Waals surface area (Å²) in [4.78, 5) is 12.1. The molecule has 2 aromatic rings. The number of hydrogen-bond donors (Lipinski definition) is 1. The van der Waals surface area contributed by atoms with Crippen LogP contribution in [0.15, 0.2) is 28.9 Å². The number of aryl methyl sites for hydroxylation is 1. The lowest BCUT2D eigenvalue weighted by atomic mass is 10.2. The van der Waals surface area contributed by atoms with Crippen LogP contribution in [0.5, 0.6) is 5.75 Å². The zero-order valence-electron chi connectivity index (χ0n) is 11.5. The van der Waals surface area contributed by atoms with Crippen molar-refractivity contribution >= 4 is 11.7 Å². The molecule has 0 saturated heterocycles. The van der Waals surface area contributed by atoms with E-state index in [1.807, 2.05) is 6.07 Å². The summed E-state index contributed by atoms with van der Waals surface area (Å²) in [6, 6.07) is 7.03. The maximum atomic E-state index is 12.1. The number of carbonyl (C=O) groups is 1. The SMILES string of the molecule is CCCCOc1cccc(C(=O)Nc2nonc2C)c1. The molecule has 0 unspecified atom stereocenters. The molecule has 0 radical (unpaired) electrons. The van der Waals surface area contributed by atoms with Crippen molar-refractivity contribution in [2.45, 2.75) is 26.7 Å². The number of unbranched alkanes of at least 4 members (excludes halogenated alkanes) is 1. The van der Waals surface area contributed by atoms with Crippen molar-refractivity contribution in [2.75, 3.05) is 11.9 Å². The van der Waals surface area contributed by atoms with Crippen LogP contribution >= 0.6 is 0 Å². The van der Waals surface area contributed by atoms with Crippen LogP contribution in [-0.4, -0.2) is 22.8 Å². The maximum absolute atomic E-state index is 12.1. The van der Waals surface area contributed by atoms with Gasteiger partial charge in [-0.15, -0.1) is 0 Å². The number of ether oxygens (including phenoxy) is 1. The Labute approximate surface area is 117 Å². The van der Waals surface area contributed by atoms with E-state index in [9.17, 15) is 4.79 Å². The molecule has 6 heteroatoms. The first kappa shape index (κ1) is 14.0. The molecule has 106 valence electrons. The average Bonchev–Trinajstić information content (AvgIpc) is 2.85. The van der Waals surface area contributed by atoms with E-state index in [1.54, 1.807) is 25.1 Å². The van der Waals surface area contributed by atoms with Gasteiger partial charge in [0.25, 0.3) is 5.91 Å². The minimum Gasteiger partial charge on any atom is -0.494 e. The van der Waals surface area contributed by atoms with E-state index in [0.717, 1.165) is 12.8 Å². The Hall–Kier alpha value is -2.37. The average molecular weight is 275 g/mol. The first-order valence-corrected chi connectivity index (χ1v) is 6.54. The molecule has 20 heavy (non-hydrogen) atoms. The van der Waals surface area contributed by atoms with Gasteiger partial charge in [0.2, 0.25) is 5.82 Å². The number of rotatable bonds is 6. The monoisotopic (exact) mass is 275 g/mol. The molecule has 0 atom stereocenters. The highest BCUT2D eigenvalue weighted by atomic mass is 16.6. The van der Waals surface area contributed by atoms with E-state index in [0.29, 0.717) is 29.4 Å². The Bertz CT molecular complexity index is 581. The van der Waals surface area contributed by atoms with Gasteiger partial charge in [0, 0.05) is 5.56 Å². The van der Waals surface area contributed by atoms with Crippen LogP contribution in [0.3, 0.4) is 0 Å². The van der Waals surface area contributed by atoms with Gasteiger partial charge in [-0.05, 0) is 36.7 Å². The van der Waals surface area contributed by atoms with Crippen LogP contribution in [0.2, 0.25) is 0 Å². The largest absolute Gasteiger partial charge is 0.494 e. The van der Waals surface area contributed by atoms with Crippen molar-refractivity contribution in [1.82, 2.24) is 10.3 Å². The first-order chi connectivity index (χ1) is 9.70. The molecular weight excluding hydrogens is 258 g/mol. The van der Waals surface area contributed by atoms with Gasteiger partial charge in [-0.1, -0.05) is 24.6 Å². The molecule has 0 spiro atoms. The van der Waals surface area contributed by atoms with E-state index in [-0.39, 0.29) is 5.91 Å². The first-order valence-electron chi connectivity index (χ1n) is 6.54. The molecule has 1 aromatic heterocycles. The molecule has 1 aromatic carbocycles. The van der Waals surface area contributed by atoms with Gasteiger partial charge in [-0.2, -0.15) is 0 Å². The van der Waals surface area contributed by atoms with Gasteiger partial charge in [-0.25, -0.2) is 4.63 Å². The summed E-state index contributed by atoms with van der Waals surface area (Å²) in [6.07, 6.45) is 2.05. The number of aromatic nitrogens is 2. The van der Waals surface area contributed by atoms with Crippen molar-refractivity contribution in [2.24, 2.45) is 0 Å². The predicted octanol–water partition coefficient (Wildman–Crippen LogP) is 2.81. The van der Waals surface area contributed by atoms with E-state index in [1.165, 1.54) is 0 Å². The third kappa shape index (κ3) is 3.57. The fourth-order valence-corrected chi connectivity index (χ4v) is 1.59. The number of carbonyl (C=O) groups excluding carboxylic acids is 1. The second-order valence-corrected chi connectivity index (χ2v) is 4.38. The standard InChI is InChI=1S/C14H17N3O3/c1-3-4-8-19-12-7-5-6-11(9-12)14(18)15-13-10(2)16-20-17-13/h5-7,9H,3-4,8H2,1-2H3,(H,15,17,18). The van der Waals surface area contributed by atoms with Gasteiger partial charge >= 0.3 is 0 Å². The van der Waals surface area contributed by atoms with Crippen LogP contribution in [-0.2, 0) is 0 Å². The van der Waals surface area contributed by atoms with Crippen LogP contribution in [0.1, 0.15) is 35.8 Å². The molecule has 2 rings (SSSR count). The van der Waals surface area contributed by atoms with Crippen LogP contribution < -0.4 is 10.1 Å². The van der Waals surface area contributed by atoms with Crippen molar-refractivity contribution in [3.8, 4) is 5.75 Å². The summed E-state index contributed by atoms with van der Waals surface area (Å²) in [5, 5.41) is 9.86. The van der Waals surface area contributed by atoms with Crippen molar-refractivity contribution in [1.29, 1.82) is 0 Å². The smallest absolute Gasteiger partial charge is 0.257 e. The number of benzene rings is 1. The fraction of sp³-hybridized carbons (Fsp3) is 0.357. The zero-order valence-corrected chi connectivity index (χ0v) is 11.5. The molecule has 1 amide bonds. The van der Waals surface area contributed by atoms with E-state index in [2.05, 4.69) is 27.2 Å². The molecular formula is C14H17N3O3. The fourth-order valence-electron chi connectivity index (χ4n) is 1.59. The summed E-state index contributed by atoms with van der Waals surface area (Å²) in [6.45, 7) is 4.45.